The summed E-state index contributed by atoms with van der Waals surface area (Å²) < 4.78 is 0. The molecule has 1 amide bonds. The van der Waals surface area contributed by atoms with Crippen LogP contribution in [-0.4, -0.2) is 22.0 Å². The SMILES string of the molecule is CC(NC(=O)c1ccc([N+](=O)[O-])c(O)c1)C1CC1. The van der Waals surface area contributed by atoms with Crippen molar-refractivity contribution in [2.75, 3.05) is 0 Å². The van der Waals surface area contributed by atoms with Crippen LogP contribution in [0.4, 0.5) is 5.69 Å². The quantitative estimate of drug-likeness (QED) is 0.629. The number of nitro benzene ring substituents is 1. The van der Waals surface area contributed by atoms with Gasteiger partial charge in [-0.3, -0.25) is 14.9 Å². The minimum atomic E-state index is -0.691. The number of hydrogen-bond acceptors (Lipinski definition) is 4. The molecule has 1 aromatic carbocycles. The molecule has 0 bridgehead atoms. The number of rotatable bonds is 4. The van der Waals surface area contributed by atoms with Crippen molar-refractivity contribution < 1.29 is 14.8 Å². The van der Waals surface area contributed by atoms with E-state index in [1.54, 1.807) is 0 Å². The Bertz CT molecular complexity index is 497. The molecule has 1 aromatic rings. The lowest BCUT2D eigenvalue weighted by atomic mass is 10.1. The first-order valence-corrected chi connectivity index (χ1v) is 5.77. The van der Waals surface area contributed by atoms with Crippen LogP contribution in [0.15, 0.2) is 18.2 Å². The highest BCUT2D eigenvalue weighted by atomic mass is 16.6. The van der Waals surface area contributed by atoms with Crippen molar-refractivity contribution in [3.8, 4) is 5.75 Å². The fourth-order valence-corrected chi connectivity index (χ4v) is 1.82. The standard InChI is InChI=1S/C12H14N2O4/c1-7(8-2-3-8)13-12(16)9-4-5-10(14(17)18)11(15)6-9/h4-8,15H,2-3H2,1H3,(H,13,16). The smallest absolute Gasteiger partial charge is 0.310 e. The van der Waals surface area contributed by atoms with E-state index in [9.17, 15) is 20.0 Å². The Morgan fingerprint density at radius 3 is 2.72 bits per heavy atom. The average molecular weight is 250 g/mol. The van der Waals surface area contributed by atoms with Crippen molar-refractivity contribution in [1.29, 1.82) is 0 Å². The zero-order valence-corrected chi connectivity index (χ0v) is 9.92. The molecule has 1 aliphatic rings. The number of phenols is 1. The first kappa shape index (κ1) is 12.3. The predicted molar refractivity (Wildman–Crippen MR) is 64.4 cm³/mol. The van der Waals surface area contributed by atoms with E-state index >= 15 is 0 Å². The Kier molecular flexibility index (Phi) is 3.18. The number of phenolic OH excluding ortho intramolecular Hbond substituents is 1. The molecule has 0 saturated heterocycles. The van der Waals surface area contributed by atoms with E-state index in [0.717, 1.165) is 25.0 Å². The molecule has 6 heteroatoms. The van der Waals surface area contributed by atoms with Crippen LogP contribution >= 0.6 is 0 Å². The lowest BCUT2D eigenvalue weighted by Crippen LogP contribution is -2.33. The monoisotopic (exact) mass is 250 g/mol. The maximum absolute atomic E-state index is 11.8. The second-order valence-electron chi connectivity index (χ2n) is 4.56. The third-order valence-electron chi connectivity index (χ3n) is 3.12. The molecule has 0 spiro atoms. The van der Waals surface area contributed by atoms with Gasteiger partial charge in [0.15, 0.2) is 5.75 Å². The molecule has 0 radical (unpaired) electrons. The molecule has 1 atom stereocenters. The van der Waals surface area contributed by atoms with Gasteiger partial charge in [-0.1, -0.05) is 0 Å². The highest BCUT2D eigenvalue weighted by Crippen LogP contribution is 2.32. The van der Waals surface area contributed by atoms with Gasteiger partial charge in [-0.2, -0.15) is 0 Å². The number of benzene rings is 1. The van der Waals surface area contributed by atoms with E-state index in [2.05, 4.69) is 5.32 Å². The molecule has 2 N–H and O–H groups in total. The van der Waals surface area contributed by atoms with Crippen LogP contribution in [0, 0.1) is 16.0 Å². The van der Waals surface area contributed by atoms with E-state index in [1.165, 1.54) is 6.07 Å². The third kappa shape index (κ3) is 2.58. The van der Waals surface area contributed by atoms with E-state index < -0.39 is 16.4 Å². The van der Waals surface area contributed by atoms with Crippen molar-refractivity contribution >= 4 is 11.6 Å². The average Bonchev–Trinajstić information content (AvgIpc) is 3.11. The van der Waals surface area contributed by atoms with Gasteiger partial charge in [0.05, 0.1) is 4.92 Å². The highest BCUT2D eigenvalue weighted by molar-refractivity contribution is 5.95. The molecule has 96 valence electrons. The number of nitrogens with one attached hydrogen (secondary N) is 1. The first-order valence-electron chi connectivity index (χ1n) is 5.77. The number of aromatic hydroxyl groups is 1. The molecular formula is C12H14N2O4. The predicted octanol–water partition coefficient (Wildman–Crippen LogP) is 1.83. The molecule has 1 aliphatic carbocycles. The lowest BCUT2D eigenvalue weighted by molar-refractivity contribution is -0.385. The Balaban J connectivity index is 2.10. The van der Waals surface area contributed by atoms with Gasteiger partial charge in [-0.25, -0.2) is 0 Å². The zero-order chi connectivity index (χ0) is 13.3. The van der Waals surface area contributed by atoms with Gasteiger partial charge in [-0.15, -0.1) is 0 Å². The summed E-state index contributed by atoms with van der Waals surface area (Å²) in [6, 6.07) is 3.68. The first-order chi connectivity index (χ1) is 8.49. The molecular weight excluding hydrogens is 236 g/mol. The lowest BCUT2D eigenvalue weighted by Gasteiger charge is -2.12. The number of amides is 1. The molecule has 0 aliphatic heterocycles. The number of carbonyl (C=O) groups is 1. The maximum Gasteiger partial charge on any atom is 0.310 e. The summed E-state index contributed by atoms with van der Waals surface area (Å²) in [5, 5.41) is 22.8. The van der Waals surface area contributed by atoms with Gasteiger partial charge >= 0.3 is 5.69 Å². The maximum atomic E-state index is 11.8. The van der Waals surface area contributed by atoms with E-state index in [4.69, 9.17) is 0 Å². The Labute approximate surface area is 104 Å². The van der Waals surface area contributed by atoms with Crippen molar-refractivity contribution in [1.82, 2.24) is 5.32 Å². The highest BCUT2D eigenvalue weighted by Gasteiger charge is 2.29. The van der Waals surface area contributed by atoms with Crippen LogP contribution in [0.3, 0.4) is 0 Å². The molecule has 18 heavy (non-hydrogen) atoms. The second kappa shape index (κ2) is 4.64. The fraction of sp³-hybridized carbons (Fsp3) is 0.417. The van der Waals surface area contributed by atoms with Crippen molar-refractivity contribution in [3.05, 3.63) is 33.9 Å². The third-order valence-corrected chi connectivity index (χ3v) is 3.12. The van der Waals surface area contributed by atoms with Gasteiger partial charge in [0, 0.05) is 17.7 Å². The van der Waals surface area contributed by atoms with Crippen LogP contribution in [0.25, 0.3) is 0 Å². The summed E-state index contributed by atoms with van der Waals surface area (Å²) in [6.45, 7) is 1.93. The van der Waals surface area contributed by atoms with Crippen LogP contribution < -0.4 is 5.32 Å². The van der Waals surface area contributed by atoms with Crippen LogP contribution in [0.5, 0.6) is 5.75 Å². The van der Waals surface area contributed by atoms with Crippen molar-refractivity contribution in [3.63, 3.8) is 0 Å². The zero-order valence-electron chi connectivity index (χ0n) is 9.92. The molecule has 2 rings (SSSR count). The molecule has 1 unspecified atom stereocenters. The normalized spacial score (nSPS) is 16.1. The molecule has 0 aromatic heterocycles. The van der Waals surface area contributed by atoms with E-state index in [1.807, 2.05) is 6.92 Å². The Hall–Kier alpha value is -2.11. The van der Waals surface area contributed by atoms with Crippen molar-refractivity contribution in [2.24, 2.45) is 5.92 Å². The Morgan fingerprint density at radius 2 is 2.22 bits per heavy atom. The van der Waals surface area contributed by atoms with Gasteiger partial charge in [-0.05, 0) is 37.8 Å². The number of hydrogen-bond donors (Lipinski definition) is 2. The second-order valence-corrected chi connectivity index (χ2v) is 4.56. The topological polar surface area (TPSA) is 92.5 Å². The minimum absolute atomic E-state index is 0.0924. The number of nitrogens with zero attached hydrogens (tertiary/aromatic N) is 1. The summed E-state index contributed by atoms with van der Waals surface area (Å²) >= 11 is 0. The molecule has 1 fully saturated rings. The number of nitro groups is 1. The minimum Gasteiger partial charge on any atom is -0.502 e. The van der Waals surface area contributed by atoms with Crippen molar-refractivity contribution in [2.45, 2.75) is 25.8 Å². The summed E-state index contributed by atoms with van der Waals surface area (Å²) in [7, 11) is 0. The van der Waals surface area contributed by atoms with Gasteiger partial charge in [0.1, 0.15) is 0 Å². The largest absolute Gasteiger partial charge is 0.502 e. The summed E-state index contributed by atoms with van der Waals surface area (Å²) in [6.07, 6.45) is 2.24. The van der Waals surface area contributed by atoms with Crippen LogP contribution in [-0.2, 0) is 0 Å². The molecule has 6 nitrogen and oxygen atoms in total. The van der Waals surface area contributed by atoms with Gasteiger partial charge in [0.2, 0.25) is 0 Å². The van der Waals surface area contributed by atoms with Crippen LogP contribution in [0.2, 0.25) is 0 Å². The fourth-order valence-electron chi connectivity index (χ4n) is 1.82. The molecule has 1 saturated carbocycles. The number of carbonyl (C=O) groups excluding carboxylic acids is 1. The summed E-state index contributed by atoms with van der Waals surface area (Å²) in [5.74, 6) is -0.285. The van der Waals surface area contributed by atoms with Gasteiger partial charge in [0.25, 0.3) is 5.91 Å². The Morgan fingerprint density at radius 1 is 1.56 bits per heavy atom. The summed E-state index contributed by atoms with van der Waals surface area (Å²) in [5.41, 5.74) is -0.174. The molecule has 0 heterocycles. The van der Waals surface area contributed by atoms with Gasteiger partial charge < -0.3 is 10.4 Å². The van der Waals surface area contributed by atoms with Crippen LogP contribution in [0.1, 0.15) is 30.1 Å². The van der Waals surface area contributed by atoms with E-state index in [0.29, 0.717) is 5.92 Å². The van der Waals surface area contributed by atoms with E-state index in [-0.39, 0.29) is 17.5 Å². The summed E-state index contributed by atoms with van der Waals surface area (Å²) in [4.78, 5) is 21.7.